The highest BCUT2D eigenvalue weighted by molar-refractivity contribution is 5.69. The molecule has 0 aromatic heterocycles. The fourth-order valence-corrected chi connectivity index (χ4v) is 4.98. The number of hydrogen-bond donors (Lipinski definition) is 1. The molecule has 0 amide bonds. The summed E-state index contributed by atoms with van der Waals surface area (Å²) in [6.45, 7) is 0. The summed E-state index contributed by atoms with van der Waals surface area (Å²) in [4.78, 5) is 11.3. The summed E-state index contributed by atoms with van der Waals surface area (Å²) in [5, 5.41) is 9.31. The first-order valence-corrected chi connectivity index (χ1v) is 11.6. The normalized spacial score (nSPS) is 17.8. The zero-order valence-corrected chi connectivity index (χ0v) is 18.9. The van der Waals surface area contributed by atoms with Crippen molar-refractivity contribution in [1.82, 2.24) is 0 Å². The van der Waals surface area contributed by atoms with Crippen molar-refractivity contribution < 1.29 is 28.2 Å². The first-order valence-electron chi connectivity index (χ1n) is 11.6. The van der Waals surface area contributed by atoms with E-state index in [4.69, 9.17) is 9.47 Å². The maximum Gasteiger partial charge on any atom is 0.303 e. The van der Waals surface area contributed by atoms with Crippen LogP contribution in [0.2, 0.25) is 0 Å². The Morgan fingerprint density at radius 1 is 1.00 bits per heavy atom. The van der Waals surface area contributed by atoms with Gasteiger partial charge >= 0.3 is 5.97 Å². The maximum absolute atomic E-state index is 15.1. The lowest BCUT2D eigenvalue weighted by molar-refractivity contribution is -0.137. The molecule has 3 aromatic carbocycles. The van der Waals surface area contributed by atoms with E-state index in [-0.39, 0.29) is 29.6 Å². The van der Waals surface area contributed by atoms with Gasteiger partial charge in [0.05, 0.1) is 13.5 Å². The molecule has 0 radical (unpaired) electrons. The molecule has 4 nitrogen and oxygen atoms in total. The molecule has 0 bridgehead atoms. The highest BCUT2D eigenvalue weighted by atomic mass is 19.1. The number of methoxy groups -OCH3 is 1. The molecule has 3 aromatic rings. The van der Waals surface area contributed by atoms with Gasteiger partial charge in [-0.05, 0) is 96.7 Å². The predicted octanol–water partition coefficient (Wildman–Crippen LogP) is 6.68. The van der Waals surface area contributed by atoms with E-state index in [1.165, 1.54) is 31.4 Å². The average molecular weight is 465 g/mol. The zero-order valence-electron chi connectivity index (χ0n) is 18.9. The van der Waals surface area contributed by atoms with Gasteiger partial charge in [0, 0.05) is 11.1 Å². The molecule has 2 aliphatic rings. The molecule has 1 fully saturated rings. The molecule has 6 heteroatoms. The van der Waals surface area contributed by atoms with Crippen LogP contribution in [0, 0.1) is 17.6 Å². The first kappa shape index (κ1) is 22.4. The molecule has 5 rings (SSSR count). The SMILES string of the molecule is COc1ccc(F)c(-c2cc3c(cc2F)[C@H](Oc2cccc(C(CC(=O)O)C4CC4)c2)CC3)c1. The van der Waals surface area contributed by atoms with Gasteiger partial charge in [0.2, 0.25) is 0 Å². The van der Waals surface area contributed by atoms with Crippen LogP contribution in [0.3, 0.4) is 0 Å². The number of rotatable bonds is 8. The number of benzene rings is 3. The molecular formula is C28H26F2O4. The average Bonchev–Trinajstić information content (AvgIpc) is 3.60. The third kappa shape index (κ3) is 4.49. The quantitative estimate of drug-likeness (QED) is 0.404. The summed E-state index contributed by atoms with van der Waals surface area (Å²) in [7, 11) is 1.49. The van der Waals surface area contributed by atoms with Crippen molar-refractivity contribution in [3.63, 3.8) is 0 Å². The summed E-state index contributed by atoms with van der Waals surface area (Å²) in [6.07, 6.45) is 3.27. The van der Waals surface area contributed by atoms with Crippen LogP contribution in [0.5, 0.6) is 11.5 Å². The Morgan fingerprint density at radius 2 is 1.79 bits per heavy atom. The molecule has 2 aliphatic carbocycles. The lowest BCUT2D eigenvalue weighted by atomic mass is 9.91. The summed E-state index contributed by atoms with van der Waals surface area (Å²) in [5.41, 5.74) is 3.04. The Morgan fingerprint density at radius 3 is 2.53 bits per heavy atom. The van der Waals surface area contributed by atoms with E-state index in [0.717, 1.165) is 29.5 Å². The minimum Gasteiger partial charge on any atom is -0.497 e. The van der Waals surface area contributed by atoms with Gasteiger partial charge < -0.3 is 14.6 Å². The van der Waals surface area contributed by atoms with Gasteiger partial charge in [-0.15, -0.1) is 0 Å². The van der Waals surface area contributed by atoms with E-state index in [1.54, 1.807) is 6.07 Å². The van der Waals surface area contributed by atoms with Crippen LogP contribution in [-0.2, 0) is 11.2 Å². The third-order valence-electron chi connectivity index (χ3n) is 6.87. The van der Waals surface area contributed by atoms with Crippen LogP contribution in [0.25, 0.3) is 11.1 Å². The van der Waals surface area contributed by atoms with E-state index < -0.39 is 17.6 Å². The van der Waals surface area contributed by atoms with Gasteiger partial charge in [0.1, 0.15) is 29.2 Å². The molecule has 1 unspecified atom stereocenters. The maximum atomic E-state index is 15.1. The molecule has 176 valence electrons. The van der Waals surface area contributed by atoms with E-state index in [0.29, 0.717) is 30.3 Å². The van der Waals surface area contributed by atoms with Crippen molar-refractivity contribution >= 4 is 5.97 Å². The standard InChI is InChI=1S/C28H26F2O4/c1-33-19-8-9-25(29)24(13-19)23-12-18-7-10-27(22(18)14-26(23)30)34-20-4-2-3-17(11-20)21(15-28(31)32)16-5-6-16/h2-4,8-9,11-14,16,21,27H,5-7,10,15H2,1H3,(H,31,32)/t21?,27-/m1/s1. The van der Waals surface area contributed by atoms with Gasteiger partial charge in [-0.2, -0.15) is 0 Å². The second kappa shape index (κ2) is 9.09. The number of carbonyl (C=O) groups is 1. The summed E-state index contributed by atoms with van der Waals surface area (Å²) >= 11 is 0. The van der Waals surface area contributed by atoms with E-state index in [1.807, 2.05) is 24.3 Å². The molecule has 0 spiro atoms. The number of aliphatic carboxylic acids is 1. The third-order valence-corrected chi connectivity index (χ3v) is 6.87. The van der Waals surface area contributed by atoms with Crippen molar-refractivity contribution in [3.8, 4) is 22.6 Å². The fraction of sp³-hybridized carbons (Fsp3) is 0.321. The molecule has 0 heterocycles. The Bertz CT molecular complexity index is 1240. The van der Waals surface area contributed by atoms with Crippen LogP contribution in [0.1, 0.15) is 54.4 Å². The molecule has 2 atom stereocenters. The van der Waals surface area contributed by atoms with Crippen molar-refractivity contribution in [2.75, 3.05) is 7.11 Å². The van der Waals surface area contributed by atoms with Gasteiger partial charge in [0.15, 0.2) is 0 Å². The summed E-state index contributed by atoms with van der Waals surface area (Å²) < 4.78 is 41.0. The number of aryl methyl sites for hydroxylation is 1. The van der Waals surface area contributed by atoms with Crippen molar-refractivity contribution in [2.45, 2.75) is 44.1 Å². The smallest absolute Gasteiger partial charge is 0.303 e. The van der Waals surface area contributed by atoms with Gasteiger partial charge in [-0.3, -0.25) is 4.79 Å². The van der Waals surface area contributed by atoms with E-state index in [2.05, 4.69) is 0 Å². The number of fused-ring (bicyclic) bond motifs is 1. The molecule has 34 heavy (non-hydrogen) atoms. The highest BCUT2D eigenvalue weighted by Crippen LogP contribution is 2.46. The van der Waals surface area contributed by atoms with Crippen LogP contribution in [-0.4, -0.2) is 18.2 Å². The topological polar surface area (TPSA) is 55.8 Å². The minimum absolute atomic E-state index is 0.0188. The predicted molar refractivity (Wildman–Crippen MR) is 124 cm³/mol. The lowest BCUT2D eigenvalue weighted by Crippen LogP contribution is -2.09. The monoisotopic (exact) mass is 464 g/mol. The molecule has 0 saturated heterocycles. The lowest BCUT2D eigenvalue weighted by Gasteiger charge is -2.19. The Balaban J connectivity index is 1.40. The molecule has 1 N–H and O–H groups in total. The second-order valence-electron chi connectivity index (χ2n) is 9.14. The van der Waals surface area contributed by atoms with E-state index in [9.17, 15) is 14.3 Å². The fourth-order valence-electron chi connectivity index (χ4n) is 4.98. The number of carboxylic acids is 1. The van der Waals surface area contributed by atoms with Crippen LogP contribution in [0.4, 0.5) is 8.78 Å². The Labute approximate surface area is 197 Å². The number of hydrogen-bond acceptors (Lipinski definition) is 3. The molecular weight excluding hydrogens is 438 g/mol. The summed E-state index contributed by atoms with van der Waals surface area (Å²) in [5.74, 6) is -0.316. The van der Waals surface area contributed by atoms with Crippen molar-refractivity contribution in [3.05, 3.63) is 82.9 Å². The van der Waals surface area contributed by atoms with E-state index >= 15 is 4.39 Å². The number of halogens is 2. The number of ether oxygens (including phenoxy) is 2. The van der Waals surface area contributed by atoms with Crippen molar-refractivity contribution in [1.29, 1.82) is 0 Å². The first-order chi connectivity index (χ1) is 16.4. The highest BCUT2D eigenvalue weighted by Gasteiger charge is 2.34. The molecule has 1 saturated carbocycles. The Hall–Kier alpha value is -3.41. The van der Waals surface area contributed by atoms with Gasteiger partial charge in [-0.25, -0.2) is 8.78 Å². The second-order valence-corrected chi connectivity index (χ2v) is 9.14. The van der Waals surface area contributed by atoms with Gasteiger partial charge in [0.25, 0.3) is 0 Å². The largest absolute Gasteiger partial charge is 0.497 e. The van der Waals surface area contributed by atoms with Crippen LogP contribution >= 0.6 is 0 Å². The summed E-state index contributed by atoms with van der Waals surface area (Å²) in [6, 6.07) is 15.0. The number of carboxylic acid groups (broad SMARTS) is 1. The van der Waals surface area contributed by atoms with Gasteiger partial charge in [-0.1, -0.05) is 12.1 Å². The minimum atomic E-state index is -0.799. The molecule has 0 aliphatic heterocycles. The zero-order chi connectivity index (χ0) is 23.8. The van der Waals surface area contributed by atoms with Crippen LogP contribution in [0.15, 0.2) is 54.6 Å². The van der Waals surface area contributed by atoms with Crippen LogP contribution < -0.4 is 9.47 Å². The van der Waals surface area contributed by atoms with Crippen molar-refractivity contribution in [2.24, 2.45) is 5.92 Å². The Kier molecular flexibility index (Phi) is 5.98.